The molecule has 1 saturated heterocycles. The van der Waals surface area contributed by atoms with E-state index < -0.39 is 0 Å². The lowest BCUT2D eigenvalue weighted by atomic mass is 10.1. The number of aryl methyl sites for hydroxylation is 1. The summed E-state index contributed by atoms with van der Waals surface area (Å²) in [7, 11) is 0. The Hall–Kier alpha value is -2.70. The van der Waals surface area contributed by atoms with Crippen molar-refractivity contribution < 1.29 is 4.74 Å². The van der Waals surface area contributed by atoms with E-state index in [0.29, 0.717) is 6.67 Å². The largest absolute Gasteiger partial charge is 0.493 e. The van der Waals surface area contributed by atoms with Gasteiger partial charge in [0.1, 0.15) is 5.75 Å². The van der Waals surface area contributed by atoms with Crippen LogP contribution >= 0.6 is 0 Å². The first-order valence-electron chi connectivity index (χ1n) is 10.3. The van der Waals surface area contributed by atoms with E-state index in [4.69, 9.17) is 4.74 Å². The lowest BCUT2D eigenvalue weighted by Gasteiger charge is -2.34. The Morgan fingerprint density at radius 1 is 1.00 bits per heavy atom. The van der Waals surface area contributed by atoms with Crippen LogP contribution in [0.5, 0.6) is 5.75 Å². The van der Waals surface area contributed by atoms with Crippen LogP contribution in [0.2, 0.25) is 0 Å². The molecule has 0 amide bonds. The van der Waals surface area contributed by atoms with Gasteiger partial charge in [0.05, 0.1) is 24.4 Å². The van der Waals surface area contributed by atoms with Crippen molar-refractivity contribution in [3.63, 3.8) is 0 Å². The Morgan fingerprint density at radius 3 is 2.59 bits per heavy atom. The smallest absolute Gasteiger partial charge is 0.275 e. The highest BCUT2D eigenvalue weighted by atomic mass is 16.5. The van der Waals surface area contributed by atoms with E-state index in [1.165, 1.54) is 11.1 Å². The van der Waals surface area contributed by atoms with Gasteiger partial charge in [-0.05, 0) is 30.2 Å². The quantitative estimate of drug-likeness (QED) is 0.685. The molecule has 0 unspecified atom stereocenters. The summed E-state index contributed by atoms with van der Waals surface area (Å²) >= 11 is 0. The maximum absolute atomic E-state index is 12.8. The second-order valence-corrected chi connectivity index (χ2v) is 8.01. The molecule has 2 aromatic carbocycles. The molecule has 0 radical (unpaired) electrons. The number of piperazine rings is 1. The molecule has 0 N–H and O–H groups in total. The molecule has 0 bridgehead atoms. The molecule has 6 heteroatoms. The van der Waals surface area contributed by atoms with E-state index in [1.54, 1.807) is 4.68 Å². The summed E-state index contributed by atoms with van der Waals surface area (Å²) in [6, 6.07) is 14.3. The first kappa shape index (κ1) is 18.3. The van der Waals surface area contributed by atoms with E-state index >= 15 is 0 Å². The average Bonchev–Trinajstić information content (AvgIpc) is 3.21. The van der Waals surface area contributed by atoms with Crippen LogP contribution in [-0.4, -0.2) is 52.4 Å². The zero-order chi connectivity index (χ0) is 19.8. The monoisotopic (exact) mass is 390 g/mol. The van der Waals surface area contributed by atoms with Gasteiger partial charge in [-0.2, -0.15) is 5.10 Å². The Balaban J connectivity index is 1.23. The predicted octanol–water partition coefficient (Wildman–Crippen LogP) is 2.42. The summed E-state index contributed by atoms with van der Waals surface area (Å²) < 4.78 is 7.22. The molecule has 0 saturated carbocycles. The fourth-order valence-electron chi connectivity index (χ4n) is 4.38. The molecule has 2 aliphatic rings. The first-order chi connectivity index (χ1) is 14.2. The minimum atomic E-state index is -0.00557. The predicted molar refractivity (Wildman–Crippen MR) is 113 cm³/mol. The van der Waals surface area contributed by atoms with E-state index in [-0.39, 0.29) is 5.56 Å². The van der Waals surface area contributed by atoms with Crippen molar-refractivity contribution in [2.24, 2.45) is 0 Å². The van der Waals surface area contributed by atoms with Gasteiger partial charge < -0.3 is 4.74 Å². The minimum absolute atomic E-state index is 0.00557. The molecule has 2 aliphatic heterocycles. The van der Waals surface area contributed by atoms with Crippen molar-refractivity contribution in [2.75, 3.05) is 32.8 Å². The van der Waals surface area contributed by atoms with Gasteiger partial charge in [-0.1, -0.05) is 30.3 Å². The normalized spacial score (nSPS) is 17.4. The number of hydrogen-bond acceptors (Lipinski definition) is 5. The van der Waals surface area contributed by atoms with E-state index in [2.05, 4.69) is 33.1 Å². The van der Waals surface area contributed by atoms with Gasteiger partial charge in [-0.25, -0.2) is 4.68 Å². The highest BCUT2D eigenvalue weighted by Crippen LogP contribution is 2.26. The molecule has 0 atom stereocenters. The number of ether oxygens (including phenoxy) is 1. The maximum atomic E-state index is 12.8. The molecule has 3 heterocycles. The summed E-state index contributed by atoms with van der Waals surface area (Å²) in [6.45, 7) is 8.16. The van der Waals surface area contributed by atoms with E-state index in [0.717, 1.165) is 68.0 Å². The molecule has 29 heavy (non-hydrogen) atoms. The molecule has 150 valence electrons. The minimum Gasteiger partial charge on any atom is -0.493 e. The van der Waals surface area contributed by atoms with Gasteiger partial charge in [0.15, 0.2) is 0 Å². The van der Waals surface area contributed by atoms with Crippen molar-refractivity contribution in [3.8, 4) is 5.75 Å². The van der Waals surface area contributed by atoms with Gasteiger partial charge in [-0.15, -0.1) is 0 Å². The Morgan fingerprint density at radius 2 is 1.76 bits per heavy atom. The van der Waals surface area contributed by atoms with E-state index in [1.807, 2.05) is 31.2 Å². The number of fused-ring (bicyclic) bond motifs is 2. The molecule has 6 nitrogen and oxygen atoms in total. The second-order valence-electron chi connectivity index (χ2n) is 8.01. The zero-order valence-corrected chi connectivity index (χ0v) is 16.8. The number of aromatic nitrogens is 2. The molecule has 5 rings (SSSR count). The topological polar surface area (TPSA) is 50.6 Å². The summed E-state index contributed by atoms with van der Waals surface area (Å²) in [6.07, 6.45) is 1.02. The molecular formula is C23H26N4O2. The van der Waals surface area contributed by atoms with E-state index in [9.17, 15) is 4.79 Å². The lowest BCUT2D eigenvalue weighted by molar-refractivity contribution is 0.0970. The van der Waals surface area contributed by atoms with Crippen molar-refractivity contribution >= 4 is 10.8 Å². The van der Waals surface area contributed by atoms with Crippen molar-refractivity contribution in [2.45, 2.75) is 26.6 Å². The summed E-state index contributed by atoms with van der Waals surface area (Å²) in [5, 5.41) is 6.24. The SMILES string of the molecule is Cc1nn(CN2CCN(Cc3ccc4c(c3)CCO4)CC2)c(=O)c2ccccc12. The number of rotatable bonds is 4. The Kier molecular flexibility index (Phi) is 4.81. The van der Waals surface area contributed by atoms with Crippen LogP contribution in [0.25, 0.3) is 10.8 Å². The zero-order valence-electron chi connectivity index (χ0n) is 16.8. The highest BCUT2D eigenvalue weighted by Gasteiger charge is 2.20. The number of benzene rings is 2. The van der Waals surface area contributed by atoms with Crippen molar-refractivity contribution in [1.29, 1.82) is 0 Å². The molecule has 0 aliphatic carbocycles. The van der Waals surface area contributed by atoms with Crippen LogP contribution in [0.1, 0.15) is 16.8 Å². The van der Waals surface area contributed by atoms with Crippen LogP contribution in [-0.2, 0) is 19.6 Å². The second kappa shape index (κ2) is 7.61. The lowest BCUT2D eigenvalue weighted by Crippen LogP contribution is -2.47. The fourth-order valence-corrected chi connectivity index (χ4v) is 4.38. The molecular weight excluding hydrogens is 364 g/mol. The van der Waals surface area contributed by atoms with Gasteiger partial charge >= 0.3 is 0 Å². The van der Waals surface area contributed by atoms with Crippen LogP contribution < -0.4 is 10.3 Å². The van der Waals surface area contributed by atoms with Gasteiger partial charge in [0, 0.05) is 44.5 Å². The number of nitrogens with zero attached hydrogens (tertiary/aromatic N) is 4. The first-order valence-corrected chi connectivity index (χ1v) is 10.3. The van der Waals surface area contributed by atoms with Crippen LogP contribution in [0.15, 0.2) is 47.3 Å². The van der Waals surface area contributed by atoms with Crippen molar-refractivity contribution in [3.05, 3.63) is 69.6 Å². The Bertz CT molecular complexity index is 1100. The van der Waals surface area contributed by atoms with Gasteiger partial charge in [0.2, 0.25) is 0 Å². The number of hydrogen-bond donors (Lipinski definition) is 0. The average molecular weight is 390 g/mol. The van der Waals surface area contributed by atoms with Gasteiger partial charge in [-0.3, -0.25) is 14.6 Å². The standard InChI is InChI=1S/C23H26N4O2/c1-17-20-4-2-3-5-21(20)23(28)27(24-17)16-26-11-9-25(10-12-26)15-18-6-7-22-19(14-18)8-13-29-22/h2-7,14H,8-13,15-16H2,1H3. The summed E-state index contributed by atoms with van der Waals surface area (Å²) in [5.41, 5.74) is 3.58. The Labute approximate surface area is 170 Å². The molecule has 1 fully saturated rings. The van der Waals surface area contributed by atoms with Crippen LogP contribution in [0.3, 0.4) is 0 Å². The molecule has 1 aromatic heterocycles. The highest BCUT2D eigenvalue weighted by molar-refractivity contribution is 5.83. The third-order valence-corrected chi connectivity index (χ3v) is 6.01. The summed E-state index contributed by atoms with van der Waals surface area (Å²) in [4.78, 5) is 17.6. The maximum Gasteiger partial charge on any atom is 0.275 e. The summed E-state index contributed by atoms with van der Waals surface area (Å²) in [5.74, 6) is 1.04. The fraction of sp³-hybridized carbons (Fsp3) is 0.391. The van der Waals surface area contributed by atoms with Gasteiger partial charge in [0.25, 0.3) is 5.56 Å². The molecule has 0 spiro atoms. The van der Waals surface area contributed by atoms with Crippen LogP contribution in [0.4, 0.5) is 0 Å². The molecule has 3 aromatic rings. The van der Waals surface area contributed by atoms with Crippen LogP contribution in [0, 0.1) is 6.92 Å². The third-order valence-electron chi connectivity index (χ3n) is 6.01. The van der Waals surface area contributed by atoms with Crippen molar-refractivity contribution in [1.82, 2.24) is 19.6 Å². The third kappa shape index (κ3) is 3.66.